The van der Waals surface area contributed by atoms with Gasteiger partial charge in [0.25, 0.3) is 0 Å². The molecule has 4 nitrogen and oxygen atoms in total. The van der Waals surface area contributed by atoms with Crippen LogP contribution in [0, 0.1) is 0 Å². The molecule has 0 bridgehead atoms. The van der Waals surface area contributed by atoms with Gasteiger partial charge in [-0.05, 0) is 18.1 Å². The van der Waals surface area contributed by atoms with E-state index in [9.17, 15) is 4.79 Å². The zero-order valence-corrected chi connectivity index (χ0v) is 10.4. The molecule has 0 amide bonds. The van der Waals surface area contributed by atoms with Crippen LogP contribution in [0.5, 0.6) is 0 Å². The maximum Gasteiger partial charge on any atom is 0.347 e. The lowest BCUT2D eigenvalue weighted by Gasteiger charge is -2.00. The molecule has 0 spiro atoms. The van der Waals surface area contributed by atoms with Crippen molar-refractivity contribution in [2.24, 2.45) is 0 Å². The van der Waals surface area contributed by atoms with E-state index in [2.05, 4.69) is 9.97 Å². The predicted molar refractivity (Wildman–Crippen MR) is 66.4 cm³/mol. The fourth-order valence-electron chi connectivity index (χ4n) is 1.49. The molecule has 17 heavy (non-hydrogen) atoms. The Labute approximate surface area is 103 Å². The Morgan fingerprint density at radius 1 is 1.35 bits per heavy atom. The number of nitrogens with zero attached hydrogens (tertiary/aromatic N) is 2. The number of carboxylic acid groups (broad SMARTS) is 1. The molecule has 2 heterocycles. The molecule has 0 saturated heterocycles. The van der Waals surface area contributed by atoms with Crippen LogP contribution in [-0.2, 0) is 0 Å². The van der Waals surface area contributed by atoms with Crippen molar-refractivity contribution in [1.29, 1.82) is 0 Å². The van der Waals surface area contributed by atoms with Crippen LogP contribution in [0.25, 0.3) is 10.6 Å². The van der Waals surface area contributed by atoms with E-state index in [0.717, 1.165) is 10.6 Å². The molecule has 0 aromatic carbocycles. The smallest absolute Gasteiger partial charge is 0.347 e. The van der Waals surface area contributed by atoms with Gasteiger partial charge in [-0.25, -0.2) is 9.78 Å². The zero-order valence-electron chi connectivity index (χ0n) is 9.54. The Balaban J connectivity index is 2.51. The molecular formula is C12H12N2O2S. The third kappa shape index (κ3) is 2.34. The van der Waals surface area contributed by atoms with Crippen molar-refractivity contribution < 1.29 is 9.90 Å². The minimum Gasteiger partial charge on any atom is -0.477 e. The molecule has 0 unspecified atom stereocenters. The molecule has 0 fully saturated rings. The summed E-state index contributed by atoms with van der Waals surface area (Å²) < 4.78 is 0. The van der Waals surface area contributed by atoms with Gasteiger partial charge < -0.3 is 5.11 Å². The van der Waals surface area contributed by atoms with Crippen molar-refractivity contribution >= 4 is 17.3 Å². The van der Waals surface area contributed by atoms with Crippen molar-refractivity contribution in [2.45, 2.75) is 19.8 Å². The summed E-state index contributed by atoms with van der Waals surface area (Å²) in [5.74, 6) is -0.806. The highest BCUT2D eigenvalue weighted by Crippen LogP contribution is 2.31. The van der Waals surface area contributed by atoms with E-state index in [1.165, 1.54) is 11.3 Å². The van der Waals surface area contributed by atoms with Crippen LogP contribution >= 0.6 is 11.3 Å². The number of aromatic nitrogens is 2. The Morgan fingerprint density at radius 3 is 2.47 bits per heavy atom. The number of pyridine rings is 1. The number of aromatic carboxylic acids is 1. The summed E-state index contributed by atoms with van der Waals surface area (Å²) >= 11 is 1.21. The van der Waals surface area contributed by atoms with E-state index in [-0.39, 0.29) is 5.92 Å². The van der Waals surface area contributed by atoms with Crippen LogP contribution in [0.15, 0.2) is 24.5 Å². The second-order valence-corrected chi connectivity index (χ2v) is 4.93. The van der Waals surface area contributed by atoms with E-state index in [1.54, 1.807) is 12.4 Å². The maximum absolute atomic E-state index is 11.1. The van der Waals surface area contributed by atoms with Gasteiger partial charge in [0, 0.05) is 18.0 Å². The van der Waals surface area contributed by atoms with Crippen LogP contribution in [0.2, 0.25) is 0 Å². The topological polar surface area (TPSA) is 63.1 Å². The molecule has 2 aromatic rings. The van der Waals surface area contributed by atoms with Crippen molar-refractivity contribution in [2.75, 3.05) is 0 Å². The lowest BCUT2D eigenvalue weighted by molar-refractivity contribution is 0.0700. The standard InChI is InChI=1S/C12H12N2O2S/c1-7(2)9-10(12(15)16)17-11(14-9)8-3-5-13-6-4-8/h3-7H,1-2H3,(H,15,16). The molecule has 2 rings (SSSR count). The summed E-state index contributed by atoms with van der Waals surface area (Å²) in [6.45, 7) is 3.88. The highest BCUT2D eigenvalue weighted by atomic mass is 32.1. The molecule has 0 radical (unpaired) electrons. The van der Waals surface area contributed by atoms with E-state index >= 15 is 0 Å². The van der Waals surface area contributed by atoms with Crippen molar-refractivity contribution in [3.63, 3.8) is 0 Å². The molecule has 2 aromatic heterocycles. The first-order valence-electron chi connectivity index (χ1n) is 5.24. The Hall–Kier alpha value is -1.75. The lowest BCUT2D eigenvalue weighted by Crippen LogP contribution is -2.00. The zero-order chi connectivity index (χ0) is 12.4. The third-order valence-electron chi connectivity index (χ3n) is 2.32. The maximum atomic E-state index is 11.1. The summed E-state index contributed by atoms with van der Waals surface area (Å²) in [7, 11) is 0. The second kappa shape index (κ2) is 4.63. The molecule has 5 heteroatoms. The van der Waals surface area contributed by atoms with Crippen LogP contribution in [0.4, 0.5) is 0 Å². The van der Waals surface area contributed by atoms with Crippen molar-refractivity contribution in [3.05, 3.63) is 35.1 Å². The Morgan fingerprint density at radius 2 is 2.00 bits per heavy atom. The van der Waals surface area contributed by atoms with Gasteiger partial charge in [0.05, 0.1) is 5.69 Å². The minimum absolute atomic E-state index is 0.105. The van der Waals surface area contributed by atoms with E-state index in [4.69, 9.17) is 5.11 Å². The molecule has 0 atom stereocenters. The van der Waals surface area contributed by atoms with Crippen LogP contribution < -0.4 is 0 Å². The SMILES string of the molecule is CC(C)c1nc(-c2ccncc2)sc1C(=O)O. The van der Waals surface area contributed by atoms with Crippen LogP contribution in [0.1, 0.15) is 35.1 Å². The number of rotatable bonds is 3. The fraction of sp³-hybridized carbons (Fsp3) is 0.250. The summed E-state index contributed by atoms with van der Waals surface area (Å²) in [6.07, 6.45) is 3.35. The average molecular weight is 248 g/mol. The first-order valence-corrected chi connectivity index (χ1v) is 6.05. The summed E-state index contributed by atoms with van der Waals surface area (Å²) in [4.78, 5) is 19.8. The highest BCUT2D eigenvalue weighted by molar-refractivity contribution is 7.17. The lowest BCUT2D eigenvalue weighted by atomic mass is 10.1. The monoisotopic (exact) mass is 248 g/mol. The minimum atomic E-state index is -0.911. The molecule has 0 saturated carbocycles. The number of carboxylic acids is 1. The number of thiazole rings is 1. The number of hydrogen-bond donors (Lipinski definition) is 1. The van der Waals surface area contributed by atoms with Gasteiger partial charge >= 0.3 is 5.97 Å². The van der Waals surface area contributed by atoms with E-state index in [0.29, 0.717) is 10.6 Å². The van der Waals surface area contributed by atoms with Gasteiger partial charge in [-0.1, -0.05) is 13.8 Å². The number of carbonyl (C=O) groups is 1. The molecule has 88 valence electrons. The normalized spacial score (nSPS) is 10.8. The third-order valence-corrected chi connectivity index (χ3v) is 3.43. The van der Waals surface area contributed by atoms with Gasteiger partial charge in [-0.2, -0.15) is 0 Å². The van der Waals surface area contributed by atoms with Crippen molar-refractivity contribution in [1.82, 2.24) is 9.97 Å². The van der Waals surface area contributed by atoms with E-state index in [1.807, 2.05) is 26.0 Å². The first kappa shape index (κ1) is 11.7. The fourth-order valence-corrected chi connectivity index (χ4v) is 2.56. The first-order chi connectivity index (χ1) is 8.09. The molecule has 0 aliphatic rings. The Kier molecular flexibility index (Phi) is 3.19. The highest BCUT2D eigenvalue weighted by Gasteiger charge is 2.20. The van der Waals surface area contributed by atoms with Gasteiger partial charge in [0.2, 0.25) is 0 Å². The van der Waals surface area contributed by atoms with Gasteiger partial charge in [0.15, 0.2) is 0 Å². The van der Waals surface area contributed by atoms with Crippen molar-refractivity contribution in [3.8, 4) is 10.6 Å². The molecular weight excluding hydrogens is 236 g/mol. The predicted octanol–water partition coefficient (Wildman–Crippen LogP) is 3.03. The van der Waals surface area contributed by atoms with Crippen LogP contribution in [-0.4, -0.2) is 21.0 Å². The van der Waals surface area contributed by atoms with Gasteiger partial charge in [-0.15, -0.1) is 11.3 Å². The molecule has 0 aliphatic carbocycles. The second-order valence-electron chi connectivity index (χ2n) is 3.93. The summed E-state index contributed by atoms with van der Waals surface area (Å²) in [5, 5.41) is 9.86. The quantitative estimate of drug-likeness (QED) is 0.906. The number of hydrogen-bond acceptors (Lipinski definition) is 4. The average Bonchev–Trinajstić information content (AvgIpc) is 2.75. The summed E-state index contributed by atoms with van der Waals surface area (Å²) in [5.41, 5.74) is 1.55. The molecule has 0 aliphatic heterocycles. The largest absolute Gasteiger partial charge is 0.477 e. The summed E-state index contributed by atoms with van der Waals surface area (Å²) in [6, 6.07) is 3.66. The van der Waals surface area contributed by atoms with Gasteiger partial charge in [0.1, 0.15) is 9.88 Å². The van der Waals surface area contributed by atoms with Gasteiger partial charge in [-0.3, -0.25) is 4.98 Å². The molecule has 1 N–H and O–H groups in total. The van der Waals surface area contributed by atoms with Crippen LogP contribution in [0.3, 0.4) is 0 Å². The van der Waals surface area contributed by atoms with E-state index < -0.39 is 5.97 Å². The Bertz CT molecular complexity index is 535.